The van der Waals surface area contributed by atoms with E-state index in [0.717, 1.165) is 36.0 Å². The van der Waals surface area contributed by atoms with Crippen LogP contribution >= 0.6 is 11.8 Å². The van der Waals surface area contributed by atoms with Crippen molar-refractivity contribution < 1.29 is 9.90 Å². The van der Waals surface area contributed by atoms with E-state index in [1.54, 1.807) is 0 Å². The van der Waals surface area contributed by atoms with Crippen LogP contribution < -0.4 is 0 Å². The zero-order chi connectivity index (χ0) is 17.6. The highest BCUT2D eigenvalue weighted by Crippen LogP contribution is 2.34. The van der Waals surface area contributed by atoms with Gasteiger partial charge in [-0.05, 0) is 55.2 Å². The predicted octanol–water partition coefficient (Wildman–Crippen LogP) is 5.15. The summed E-state index contributed by atoms with van der Waals surface area (Å²) in [4.78, 5) is 11.0. The van der Waals surface area contributed by atoms with Crippen LogP contribution in [0.1, 0.15) is 59.5 Å². The number of rotatable bonds is 8. The molecular formula is C21H26O2S. The van der Waals surface area contributed by atoms with Crippen molar-refractivity contribution in [2.45, 2.75) is 44.5 Å². The topological polar surface area (TPSA) is 37.3 Å². The summed E-state index contributed by atoms with van der Waals surface area (Å²) in [5.41, 5.74) is 3.28. The molecule has 2 aromatic carbocycles. The second kappa shape index (κ2) is 8.50. The fourth-order valence-electron chi connectivity index (χ4n) is 3.00. The third kappa shape index (κ3) is 4.96. The van der Waals surface area contributed by atoms with Gasteiger partial charge in [-0.3, -0.25) is 4.79 Å². The molecule has 2 aromatic rings. The van der Waals surface area contributed by atoms with Gasteiger partial charge in [0.25, 0.3) is 0 Å². The molecule has 0 saturated carbocycles. The SMILES string of the molecule is CCS[C@H](CCc1ccccc1C(C)(C)O)c1cccc(C=O)c1. The number of benzene rings is 2. The minimum atomic E-state index is -0.832. The molecule has 0 aliphatic rings. The molecule has 0 fully saturated rings. The Hall–Kier alpha value is -1.58. The molecule has 0 amide bonds. The van der Waals surface area contributed by atoms with Gasteiger partial charge in [-0.1, -0.05) is 49.4 Å². The molecule has 1 N–H and O–H groups in total. The molecule has 0 bridgehead atoms. The lowest BCUT2D eigenvalue weighted by atomic mass is 9.90. The number of carbonyl (C=O) groups excluding carboxylic acids is 1. The first-order valence-electron chi connectivity index (χ1n) is 8.43. The van der Waals surface area contributed by atoms with E-state index in [0.29, 0.717) is 5.25 Å². The number of aryl methyl sites for hydroxylation is 1. The Labute approximate surface area is 149 Å². The first kappa shape index (κ1) is 18.8. The van der Waals surface area contributed by atoms with Crippen LogP contribution in [0.3, 0.4) is 0 Å². The summed E-state index contributed by atoms with van der Waals surface area (Å²) in [7, 11) is 0. The van der Waals surface area contributed by atoms with Crippen molar-refractivity contribution in [3.05, 3.63) is 70.8 Å². The third-order valence-corrected chi connectivity index (χ3v) is 5.38. The monoisotopic (exact) mass is 342 g/mol. The summed E-state index contributed by atoms with van der Waals surface area (Å²) in [6.07, 6.45) is 2.79. The van der Waals surface area contributed by atoms with Crippen molar-refractivity contribution in [1.29, 1.82) is 0 Å². The molecule has 2 nitrogen and oxygen atoms in total. The fraction of sp³-hybridized carbons (Fsp3) is 0.381. The lowest BCUT2D eigenvalue weighted by Crippen LogP contribution is -2.18. The van der Waals surface area contributed by atoms with Crippen LogP contribution in [0, 0.1) is 0 Å². The van der Waals surface area contributed by atoms with Crippen molar-refractivity contribution in [2.24, 2.45) is 0 Å². The predicted molar refractivity (Wildman–Crippen MR) is 103 cm³/mol. The molecule has 0 spiro atoms. The summed E-state index contributed by atoms with van der Waals surface area (Å²) in [6.45, 7) is 5.82. The summed E-state index contributed by atoms with van der Waals surface area (Å²) in [5.74, 6) is 1.03. The van der Waals surface area contributed by atoms with E-state index in [2.05, 4.69) is 19.1 Å². The summed E-state index contributed by atoms with van der Waals surface area (Å²) in [5, 5.41) is 10.7. The molecule has 0 heterocycles. The Kier molecular flexibility index (Phi) is 6.64. The van der Waals surface area contributed by atoms with Gasteiger partial charge in [0, 0.05) is 10.8 Å². The average molecular weight is 343 g/mol. The molecule has 24 heavy (non-hydrogen) atoms. The lowest BCUT2D eigenvalue weighted by Gasteiger charge is -2.23. The quantitative estimate of drug-likeness (QED) is 0.674. The van der Waals surface area contributed by atoms with E-state index < -0.39 is 5.60 Å². The maximum absolute atomic E-state index is 11.0. The van der Waals surface area contributed by atoms with Gasteiger partial charge >= 0.3 is 0 Å². The molecule has 1 atom stereocenters. The Morgan fingerprint density at radius 2 is 1.92 bits per heavy atom. The average Bonchev–Trinajstić information content (AvgIpc) is 2.58. The number of hydrogen-bond donors (Lipinski definition) is 1. The van der Waals surface area contributed by atoms with Gasteiger partial charge in [0.15, 0.2) is 0 Å². The van der Waals surface area contributed by atoms with Crippen molar-refractivity contribution in [1.82, 2.24) is 0 Å². The smallest absolute Gasteiger partial charge is 0.150 e. The molecular weight excluding hydrogens is 316 g/mol. The highest BCUT2D eigenvalue weighted by Gasteiger charge is 2.20. The van der Waals surface area contributed by atoms with E-state index in [1.807, 2.05) is 62.0 Å². The zero-order valence-corrected chi connectivity index (χ0v) is 15.5. The molecule has 0 aliphatic heterocycles. The maximum Gasteiger partial charge on any atom is 0.150 e. The number of aldehydes is 1. The van der Waals surface area contributed by atoms with Crippen LogP contribution in [-0.2, 0) is 12.0 Å². The van der Waals surface area contributed by atoms with Crippen LogP contribution in [0.15, 0.2) is 48.5 Å². The molecule has 0 aromatic heterocycles. The molecule has 0 radical (unpaired) electrons. The molecule has 0 aliphatic carbocycles. The number of thioether (sulfide) groups is 1. The van der Waals surface area contributed by atoms with Crippen molar-refractivity contribution in [2.75, 3.05) is 5.75 Å². The van der Waals surface area contributed by atoms with Crippen molar-refractivity contribution in [3.8, 4) is 0 Å². The van der Waals surface area contributed by atoms with Crippen molar-refractivity contribution >= 4 is 18.0 Å². The summed E-state index contributed by atoms with van der Waals surface area (Å²) in [6, 6.07) is 16.0. The van der Waals surface area contributed by atoms with Gasteiger partial charge in [-0.15, -0.1) is 0 Å². The first-order chi connectivity index (χ1) is 11.5. The van der Waals surface area contributed by atoms with Gasteiger partial charge < -0.3 is 5.11 Å². The van der Waals surface area contributed by atoms with E-state index >= 15 is 0 Å². The van der Waals surface area contributed by atoms with E-state index in [1.165, 1.54) is 11.1 Å². The molecule has 2 rings (SSSR count). The highest BCUT2D eigenvalue weighted by molar-refractivity contribution is 7.99. The van der Waals surface area contributed by atoms with Crippen LogP contribution in [0.2, 0.25) is 0 Å². The Balaban J connectivity index is 2.19. The Morgan fingerprint density at radius 3 is 2.58 bits per heavy atom. The molecule has 128 valence electrons. The van der Waals surface area contributed by atoms with Crippen LogP contribution in [0.25, 0.3) is 0 Å². The minimum Gasteiger partial charge on any atom is -0.386 e. The van der Waals surface area contributed by atoms with E-state index in [9.17, 15) is 9.90 Å². The molecule has 0 unspecified atom stereocenters. The van der Waals surface area contributed by atoms with Gasteiger partial charge in [-0.2, -0.15) is 11.8 Å². The van der Waals surface area contributed by atoms with Crippen LogP contribution in [-0.4, -0.2) is 17.1 Å². The van der Waals surface area contributed by atoms with E-state index in [4.69, 9.17) is 0 Å². The maximum atomic E-state index is 11.0. The van der Waals surface area contributed by atoms with Gasteiger partial charge in [0.05, 0.1) is 5.60 Å². The first-order valence-corrected chi connectivity index (χ1v) is 9.48. The highest BCUT2D eigenvalue weighted by atomic mass is 32.2. The number of aliphatic hydroxyl groups is 1. The second-order valence-electron chi connectivity index (χ2n) is 6.49. The minimum absolute atomic E-state index is 0.352. The van der Waals surface area contributed by atoms with Crippen LogP contribution in [0.4, 0.5) is 0 Å². The second-order valence-corrected chi connectivity index (χ2v) is 7.97. The fourth-order valence-corrected chi connectivity index (χ4v) is 4.03. The summed E-state index contributed by atoms with van der Waals surface area (Å²) >= 11 is 1.90. The zero-order valence-electron chi connectivity index (χ0n) is 14.7. The Bertz CT molecular complexity index is 674. The standard InChI is InChI=1S/C21H26O2S/c1-4-24-20(18-10-7-8-16(14-18)15-22)13-12-17-9-5-6-11-19(17)21(2,3)23/h5-11,14-15,20,23H,4,12-13H2,1-3H3/t20-/m1/s1. The molecule has 3 heteroatoms. The third-order valence-electron chi connectivity index (χ3n) is 4.14. The van der Waals surface area contributed by atoms with E-state index in [-0.39, 0.29) is 0 Å². The van der Waals surface area contributed by atoms with Gasteiger partial charge in [0.1, 0.15) is 6.29 Å². The normalized spacial score (nSPS) is 12.8. The number of carbonyl (C=O) groups is 1. The van der Waals surface area contributed by atoms with Crippen molar-refractivity contribution in [3.63, 3.8) is 0 Å². The largest absolute Gasteiger partial charge is 0.386 e. The van der Waals surface area contributed by atoms with Crippen LogP contribution in [0.5, 0.6) is 0 Å². The number of hydrogen-bond acceptors (Lipinski definition) is 3. The van der Waals surface area contributed by atoms with Gasteiger partial charge in [-0.25, -0.2) is 0 Å². The van der Waals surface area contributed by atoms with Gasteiger partial charge in [0.2, 0.25) is 0 Å². The molecule has 0 saturated heterocycles. The summed E-state index contributed by atoms with van der Waals surface area (Å²) < 4.78 is 0. The Morgan fingerprint density at radius 1 is 1.17 bits per heavy atom. The lowest BCUT2D eigenvalue weighted by molar-refractivity contribution is 0.0776.